The lowest BCUT2D eigenvalue weighted by Crippen LogP contribution is -2.38. The number of piperidine rings is 1. The SMILES string of the molecule is Cc1cc(C(=O)NCC2CCCNC2)on1. The van der Waals surface area contributed by atoms with Crippen molar-refractivity contribution in [2.45, 2.75) is 19.8 Å². The molecule has 0 radical (unpaired) electrons. The number of hydrogen-bond donors (Lipinski definition) is 2. The third kappa shape index (κ3) is 2.82. The predicted octanol–water partition coefficient (Wildman–Crippen LogP) is 0.712. The molecule has 1 fully saturated rings. The third-order valence-electron chi connectivity index (χ3n) is 2.80. The Morgan fingerprint density at radius 3 is 3.25 bits per heavy atom. The first-order valence-corrected chi connectivity index (χ1v) is 5.68. The van der Waals surface area contributed by atoms with E-state index in [4.69, 9.17) is 4.52 Å². The molecule has 0 aliphatic carbocycles. The highest BCUT2D eigenvalue weighted by Gasteiger charge is 2.16. The molecule has 5 nitrogen and oxygen atoms in total. The number of carbonyl (C=O) groups excluding carboxylic acids is 1. The van der Waals surface area contributed by atoms with Gasteiger partial charge in [0.15, 0.2) is 0 Å². The van der Waals surface area contributed by atoms with Crippen LogP contribution in [0.5, 0.6) is 0 Å². The van der Waals surface area contributed by atoms with Crippen LogP contribution in [0.15, 0.2) is 10.6 Å². The van der Waals surface area contributed by atoms with Crippen LogP contribution in [0.3, 0.4) is 0 Å². The molecule has 16 heavy (non-hydrogen) atoms. The Balaban J connectivity index is 1.79. The summed E-state index contributed by atoms with van der Waals surface area (Å²) in [5, 5.41) is 9.87. The van der Waals surface area contributed by atoms with Crippen LogP contribution in [0.4, 0.5) is 0 Å². The topological polar surface area (TPSA) is 67.2 Å². The van der Waals surface area contributed by atoms with Crippen LogP contribution in [0.1, 0.15) is 29.1 Å². The number of rotatable bonds is 3. The fraction of sp³-hybridized carbons (Fsp3) is 0.636. The van der Waals surface area contributed by atoms with E-state index in [-0.39, 0.29) is 5.91 Å². The summed E-state index contributed by atoms with van der Waals surface area (Å²) in [6, 6.07) is 1.65. The molecular weight excluding hydrogens is 206 g/mol. The molecule has 2 heterocycles. The van der Waals surface area contributed by atoms with Gasteiger partial charge >= 0.3 is 0 Å². The van der Waals surface area contributed by atoms with E-state index in [0.717, 1.165) is 18.8 Å². The molecular formula is C11H17N3O2. The number of aromatic nitrogens is 1. The highest BCUT2D eigenvalue weighted by Crippen LogP contribution is 2.09. The normalized spacial score (nSPS) is 20.7. The minimum atomic E-state index is -0.175. The van der Waals surface area contributed by atoms with Crippen molar-refractivity contribution in [3.05, 3.63) is 17.5 Å². The van der Waals surface area contributed by atoms with Crippen molar-refractivity contribution in [1.29, 1.82) is 0 Å². The van der Waals surface area contributed by atoms with E-state index < -0.39 is 0 Å². The average molecular weight is 223 g/mol. The Bertz CT molecular complexity index is 356. The lowest BCUT2D eigenvalue weighted by molar-refractivity contribution is 0.0908. The molecule has 1 unspecified atom stereocenters. The van der Waals surface area contributed by atoms with Crippen LogP contribution < -0.4 is 10.6 Å². The maximum atomic E-state index is 11.6. The molecule has 1 saturated heterocycles. The van der Waals surface area contributed by atoms with Crippen molar-refractivity contribution in [3.8, 4) is 0 Å². The smallest absolute Gasteiger partial charge is 0.289 e. The molecule has 1 aliphatic rings. The summed E-state index contributed by atoms with van der Waals surface area (Å²) in [5.74, 6) is 0.647. The zero-order valence-electron chi connectivity index (χ0n) is 9.45. The maximum absolute atomic E-state index is 11.6. The molecule has 1 atom stereocenters. The second-order valence-electron chi connectivity index (χ2n) is 4.25. The Hall–Kier alpha value is -1.36. The minimum Gasteiger partial charge on any atom is -0.351 e. The average Bonchev–Trinajstić information content (AvgIpc) is 2.74. The van der Waals surface area contributed by atoms with Crippen LogP contribution in [0.2, 0.25) is 0 Å². The van der Waals surface area contributed by atoms with Gasteiger partial charge in [0.2, 0.25) is 5.76 Å². The van der Waals surface area contributed by atoms with E-state index in [2.05, 4.69) is 15.8 Å². The molecule has 1 aromatic heterocycles. The van der Waals surface area contributed by atoms with Gasteiger partial charge in [-0.25, -0.2) is 0 Å². The van der Waals surface area contributed by atoms with Crippen molar-refractivity contribution < 1.29 is 9.32 Å². The van der Waals surface area contributed by atoms with Gasteiger partial charge in [-0.1, -0.05) is 5.16 Å². The number of hydrogen-bond acceptors (Lipinski definition) is 4. The van der Waals surface area contributed by atoms with Crippen molar-refractivity contribution in [2.24, 2.45) is 5.92 Å². The van der Waals surface area contributed by atoms with Crippen molar-refractivity contribution in [3.63, 3.8) is 0 Å². The number of aryl methyl sites for hydroxylation is 1. The monoisotopic (exact) mass is 223 g/mol. The molecule has 5 heteroatoms. The van der Waals surface area contributed by atoms with Crippen LogP contribution in [0.25, 0.3) is 0 Å². The van der Waals surface area contributed by atoms with Gasteiger partial charge < -0.3 is 15.2 Å². The van der Waals surface area contributed by atoms with Crippen LogP contribution in [-0.4, -0.2) is 30.7 Å². The van der Waals surface area contributed by atoms with Gasteiger partial charge in [0.05, 0.1) is 5.69 Å². The highest BCUT2D eigenvalue weighted by atomic mass is 16.5. The predicted molar refractivity (Wildman–Crippen MR) is 59.2 cm³/mol. The standard InChI is InChI=1S/C11H17N3O2/c1-8-5-10(16-14-8)11(15)13-7-9-3-2-4-12-6-9/h5,9,12H,2-4,6-7H2,1H3,(H,13,15). The molecule has 0 bridgehead atoms. The second-order valence-corrected chi connectivity index (χ2v) is 4.25. The first-order chi connectivity index (χ1) is 7.75. The van der Waals surface area contributed by atoms with E-state index in [1.54, 1.807) is 13.0 Å². The van der Waals surface area contributed by atoms with Gasteiger partial charge in [-0.05, 0) is 38.8 Å². The van der Waals surface area contributed by atoms with E-state index in [0.29, 0.717) is 18.2 Å². The minimum absolute atomic E-state index is 0.175. The van der Waals surface area contributed by atoms with Crippen LogP contribution >= 0.6 is 0 Å². The number of nitrogens with one attached hydrogen (secondary N) is 2. The summed E-state index contributed by atoms with van der Waals surface area (Å²) in [7, 11) is 0. The summed E-state index contributed by atoms with van der Waals surface area (Å²) < 4.78 is 4.89. The van der Waals surface area contributed by atoms with Gasteiger partial charge in [-0.3, -0.25) is 4.79 Å². The van der Waals surface area contributed by atoms with Crippen molar-refractivity contribution in [2.75, 3.05) is 19.6 Å². The summed E-state index contributed by atoms with van der Waals surface area (Å²) in [4.78, 5) is 11.6. The summed E-state index contributed by atoms with van der Waals surface area (Å²) in [5.41, 5.74) is 0.726. The molecule has 0 saturated carbocycles. The van der Waals surface area contributed by atoms with Gasteiger partial charge in [0.1, 0.15) is 0 Å². The molecule has 1 aromatic rings. The third-order valence-corrected chi connectivity index (χ3v) is 2.80. The van der Waals surface area contributed by atoms with E-state index >= 15 is 0 Å². The Kier molecular flexibility index (Phi) is 3.56. The zero-order valence-corrected chi connectivity index (χ0v) is 9.45. The molecule has 1 amide bonds. The van der Waals surface area contributed by atoms with Crippen LogP contribution in [-0.2, 0) is 0 Å². The van der Waals surface area contributed by atoms with E-state index in [1.807, 2.05) is 0 Å². The van der Waals surface area contributed by atoms with Gasteiger partial charge in [-0.15, -0.1) is 0 Å². The van der Waals surface area contributed by atoms with Gasteiger partial charge in [0, 0.05) is 12.6 Å². The van der Waals surface area contributed by atoms with Gasteiger partial charge in [-0.2, -0.15) is 0 Å². The Morgan fingerprint density at radius 1 is 1.75 bits per heavy atom. The molecule has 2 N–H and O–H groups in total. The fourth-order valence-electron chi connectivity index (χ4n) is 1.89. The first-order valence-electron chi connectivity index (χ1n) is 5.68. The van der Waals surface area contributed by atoms with E-state index in [1.165, 1.54) is 12.8 Å². The van der Waals surface area contributed by atoms with E-state index in [9.17, 15) is 4.79 Å². The Labute approximate surface area is 94.6 Å². The fourth-order valence-corrected chi connectivity index (χ4v) is 1.89. The lowest BCUT2D eigenvalue weighted by atomic mass is 10.00. The summed E-state index contributed by atoms with van der Waals surface area (Å²) in [6.07, 6.45) is 2.35. The zero-order chi connectivity index (χ0) is 11.4. The summed E-state index contributed by atoms with van der Waals surface area (Å²) in [6.45, 7) is 4.57. The first kappa shape index (κ1) is 11.1. The molecule has 0 spiro atoms. The second kappa shape index (κ2) is 5.12. The molecule has 2 rings (SSSR count). The molecule has 0 aromatic carbocycles. The van der Waals surface area contributed by atoms with Crippen LogP contribution in [0, 0.1) is 12.8 Å². The maximum Gasteiger partial charge on any atom is 0.289 e. The molecule has 1 aliphatic heterocycles. The largest absolute Gasteiger partial charge is 0.351 e. The van der Waals surface area contributed by atoms with Gasteiger partial charge in [0.25, 0.3) is 5.91 Å². The van der Waals surface area contributed by atoms with Crippen molar-refractivity contribution >= 4 is 5.91 Å². The summed E-state index contributed by atoms with van der Waals surface area (Å²) >= 11 is 0. The number of nitrogens with zero attached hydrogens (tertiary/aromatic N) is 1. The lowest BCUT2D eigenvalue weighted by Gasteiger charge is -2.22. The molecule has 88 valence electrons. The highest BCUT2D eigenvalue weighted by molar-refractivity contribution is 5.91. The number of amides is 1. The number of carbonyl (C=O) groups is 1. The van der Waals surface area contributed by atoms with Crippen molar-refractivity contribution in [1.82, 2.24) is 15.8 Å². The quantitative estimate of drug-likeness (QED) is 0.792. The Morgan fingerprint density at radius 2 is 2.62 bits per heavy atom.